The van der Waals surface area contributed by atoms with E-state index in [0.717, 1.165) is 48.5 Å². The Morgan fingerprint density at radius 3 is 2.95 bits per heavy atom. The van der Waals surface area contributed by atoms with Crippen molar-refractivity contribution >= 4 is 27.6 Å². The van der Waals surface area contributed by atoms with Crippen LogP contribution >= 0.6 is 15.9 Å². The maximum atomic E-state index is 5.56. The molecule has 2 rings (SSSR count). The van der Waals surface area contributed by atoms with Gasteiger partial charge in [0.1, 0.15) is 22.4 Å². The van der Waals surface area contributed by atoms with Crippen molar-refractivity contribution in [3.63, 3.8) is 0 Å². The number of nitrogens with zero attached hydrogens (tertiary/aromatic N) is 2. The lowest BCUT2D eigenvalue weighted by Gasteiger charge is -2.28. The van der Waals surface area contributed by atoms with E-state index in [-0.39, 0.29) is 0 Å². The third kappa shape index (κ3) is 4.04. The van der Waals surface area contributed by atoms with Crippen LogP contribution < -0.4 is 10.6 Å². The van der Waals surface area contributed by atoms with E-state index in [2.05, 4.69) is 50.4 Å². The minimum Gasteiger partial charge on any atom is -0.378 e. The first-order valence-corrected chi connectivity index (χ1v) is 7.62. The fourth-order valence-corrected chi connectivity index (χ4v) is 2.62. The number of nitrogens with one attached hydrogen (secondary N) is 2. The Morgan fingerprint density at radius 2 is 2.21 bits per heavy atom. The van der Waals surface area contributed by atoms with E-state index in [1.165, 1.54) is 0 Å². The highest BCUT2D eigenvalue weighted by Crippen LogP contribution is 2.28. The van der Waals surface area contributed by atoms with Gasteiger partial charge >= 0.3 is 0 Å². The molecule has 0 radical (unpaired) electrons. The molecule has 6 heteroatoms. The number of rotatable bonds is 5. The minimum atomic E-state index is 0.310. The van der Waals surface area contributed by atoms with E-state index in [9.17, 15) is 0 Å². The van der Waals surface area contributed by atoms with E-state index in [0.29, 0.717) is 12.1 Å². The Balaban J connectivity index is 2.03. The first kappa shape index (κ1) is 14.5. The molecule has 1 fully saturated rings. The lowest BCUT2D eigenvalue weighted by atomic mass is 10.0. The van der Waals surface area contributed by atoms with Gasteiger partial charge in [0.2, 0.25) is 0 Å². The van der Waals surface area contributed by atoms with Gasteiger partial charge < -0.3 is 15.4 Å². The molecular weight excluding hydrogens is 308 g/mol. The van der Waals surface area contributed by atoms with Gasteiger partial charge in [-0.25, -0.2) is 9.97 Å². The normalized spacial score (nSPS) is 23.1. The van der Waals surface area contributed by atoms with Crippen molar-refractivity contribution in [1.29, 1.82) is 0 Å². The highest BCUT2D eigenvalue weighted by Gasteiger charge is 2.20. The zero-order chi connectivity index (χ0) is 13.7. The monoisotopic (exact) mass is 328 g/mol. The Bertz CT molecular complexity index is 416. The zero-order valence-corrected chi connectivity index (χ0v) is 13.0. The number of anilines is 2. The molecule has 0 spiro atoms. The van der Waals surface area contributed by atoms with Crippen LogP contribution in [-0.4, -0.2) is 35.3 Å². The summed E-state index contributed by atoms with van der Waals surface area (Å²) in [5.41, 5.74) is 0. The molecule has 0 aromatic carbocycles. The predicted octanol–water partition coefficient (Wildman–Crippen LogP) is 3.04. The van der Waals surface area contributed by atoms with E-state index in [4.69, 9.17) is 4.74 Å². The quantitative estimate of drug-likeness (QED) is 0.869. The fourth-order valence-electron chi connectivity index (χ4n) is 2.16. The van der Waals surface area contributed by atoms with Crippen molar-refractivity contribution in [1.82, 2.24) is 9.97 Å². The predicted molar refractivity (Wildman–Crippen MR) is 80.6 cm³/mol. The average molecular weight is 329 g/mol. The third-order valence-electron chi connectivity index (χ3n) is 3.16. The summed E-state index contributed by atoms with van der Waals surface area (Å²) in [7, 11) is 0. The van der Waals surface area contributed by atoms with E-state index in [1.54, 1.807) is 6.33 Å². The summed E-state index contributed by atoms with van der Waals surface area (Å²) < 4.78 is 6.46. The molecule has 0 amide bonds. The molecule has 0 aliphatic carbocycles. The minimum absolute atomic E-state index is 0.310. The summed E-state index contributed by atoms with van der Waals surface area (Å²) in [5.74, 6) is 1.70. The van der Waals surface area contributed by atoms with Crippen LogP contribution in [0.15, 0.2) is 10.8 Å². The maximum absolute atomic E-state index is 5.56. The van der Waals surface area contributed by atoms with E-state index < -0.39 is 0 Å². The van der Waals surface area contributed by atoms with Crippen LogP contribution in [0.25, 0.3) is 0 Å². The summed E-state index contributed by atoms with van der Waals surface area (Å²) >= 11 is 3.57. The molecular formula is C13H21BrN4O. The zero-order valence-electron chi connectivity index (χ0n) is 11.4. The first-order valence-electron chi connectivity index (χ1n) is 6.83. The molecule has 2 atom stereocenters. The molecule has 2 N–H and O–H groups in total. The van der Waals surface area contributed by atoms with Crippen LogP contribution in [-0.2, 0) is 4.74 Å². The molecule has 1 aliphatic heterocycles. The van der Waals surface area contributed by atoms with Crippen molar-refractivity contribution < 1.29 is 4.74 Å². The lowest BCUT2D eigenvalue weighted by Crippen LogP contribution is -2.32. The molecule has 1 aromatic rings. The van der Waals surface area contributed by atoms with Gasteiger partial charge in [-0.15, -0.1) is 0 Å². The van der Waals surface area contributed by atoms with Crippen molar-refractivity contribution in [3.05, 3.63) is 10.8 Å². The topological polar surface area (TPSA) is 59.1 Å². The standard InChI is InChI=1S/C13H21BrN4O/c1-3-5-15-12-11(14)13(17-8-16-12)18-10-4-6-19-9(2)7-10/h8-10H,3-7H2,1-2H3,(H2,15,16,17,18). The number of halogens is 1. The second-order valence-electron chi connectivity index (χ2n) is 4.86. The van der Waals surface area contributed by atoms with Crippen LogP contribution in [0, 0.1) is 0 Å². The van der Waals surface area contributed by atoms with Gasteiger partial charge in [0.15, 0.2) is 0 Å². The summed E-state index contributed by atoms with van der Waals surface area (Å²) in [5, 5.41) is 6.76. The van der Waals surface area contributed by atoms with Crippen molar-refractivity contribution in [2.24, 2.45) is 0 Å². The van der Waals surface area contributed by atoms with Crippen molar-refractivity contribution in [3.8, 4) is 0 Å². The molecule has 19 heavy (non-hydrogen) atoms. The van der Waals surface area contributed by atoms with E-state index >= 15 is 0 Å². The molecule has 2 heterocycles. The van der Waals surface area contributed by atoms with Crippen LogP contribution in [0.5, 0.6) is 0 Å². The van der Waals surface area contributed by atoms with Crippen LogP contribution in [0.2, 0.25) is 0 Å². The fraction of sp³-hybridized carbons (Fsp3) is 0.692. The molecule has 5 nitrogen and oxygen atoms in total. The maximum Gasteiger partial charge on any atom is 0.146 e. The van der Waals surface area contributed by atoms with Gasteiger partial charge in [0.05, 0.1) is 6.10 Å². The summed E-state index contributed by atoms with van der Waals surface area (Å²) in [4.78, 5) is 8.57. The highest BCUT2D eigenvalue weighted by atomic mass is 79.9. The Labute approximate surface area is 122 Å². The lowest BCUT2D eigenvalue weighted by molar-refractivity contribution is 0.0231. The van der Waals surface area contributed by atoms with Crippen molar-refractivity contribution in [2.45, 2.75) is 45.3 Å². The number of ether oxygens (including phenoxy) is 1. The molecule has 0 saturated carbocycles. The van der Waals surface area contributed by atoms with Gasteiger partial charge in [-0.1, -0.05) is 6.92 Å². The second-order valence-corrected chi connectivity index (χ2v) is 5.65. The largest absolute Gasteiger partial charge is 0.378 e. The molecule has 0 bridgehead atoms. The number of hydrogen-bond acceptors (Lipinski definition) is 5. The Hall–Kier alpha value is -0.880. The Kier molecular flexibility index (Phi) is 5.39. The van der Waals surface area contributed by atoms with Gasteiger partial charge in [0, 0.05) is 19.2 Å². The third-order valence-corrected chi connectivity index (χ3v) is 3.91. The molecule has 1 aromatic heterocycles. The highest BCUT2D eigenvalue weighted by molar-refractivity contribution is 9.10. The van der Waals surface area contributed by atoms with Gasteiger partial charge in [0.25, 0.3) is 0 Å². The number of hydrogen-bond donors (Lipinski definition) is 2. The van der Waals surface area contributed by atoms with Gasteiger partial charge in [-0.3, -0.25) is 0 Å². The summed E-state index contributed by atoms with van der Waals surface area (Å²) in [6.07, 6.45) is 4.99. The molecule has 1 aliphatic rings. The molecule has 106 valence electrons. The van der Waals surface area contributed by atoms with Crippen LogP contribution in [0.1, 0.15) is 33.1 Å². The Morgan fingerprint density at radius 1 is 1.42 bits per heavy atom. The summed E-state index contributed by atoms with van der Waals surface area (Å²) in [6, 6.07) is 0.411. The molecule has 1 saturated heterocycles. The second kappa shape index (κ2) is 7.05. The smallest absolute Gasteiger partial charge is 0.146 e. The van der Waals surface area contributed by atoms with Crippen LogP contribution in [0.4, 0.5) is 11.6 Å². The SMILES string of the molecule is CCCNc1ncnc(NC2CCOC(C)C2)c1Br. The van der Waals surface area contributed by atoms with Gasteiger partial charge in [-0.2, -0.15) is 0 Å². The first-order chi connectivity index (χ1) is 9.20. The average Bonchev–Trinajstić information content (AvgIpc) is 2.40. The van der Waals surface area contributed by atoms with Gasteiger partial charge in [-0.05, 0) is 42.1 Å². The van der Waals surface area contributed by atoms with Crippen molar-refractivity contribution in [2.75, 3.05) is 23.8 Å². The number of aromatic nitrogens is 2. The van der Waals surface area contributed by atoms with Crippen LogP contribution in [0.3, 0.4) is 0 Å². The molecule has 2 unspecified atom stereocenters. The van der Waals surface area contributed by atoms with E-state index in [1.807, 2.05) is 0 Å². The summed E-state index contributed by atoms with van der Waals surface area (Å²) in [6.45, 7) is 5.95.